The molecule has 0 spiro atoms. The van der Waals surface area contributed by atoms with Gasteiger partial charge in [0.1, 0.15) is 11.5 Å². The molecular formula is C29H30N2O6. The van der Waals surface area contributed by atoms with Crippen LogP contribution in [0.4, 0.5) is 11.4 Å². The van der Waals surface area contributed by atoms with E-state index in [4.69, 9.17) is 9.47 Å². The Morgan fingerprint density at radius 3 is 2.35 bits per heavy atom. The minimum atomic E-state index is -0.598. The first-order valence-electron chi connectivity index (χ1n) is 12.7. The Morgan fingerprint density at radius 1 is 0.946 bits per heavy atom. The molecule has 2 aromatic carbocycles. The van der Waals surface area contributed by atoms with E-state index in [9.17, 15) is 19.2 Å². The number of allylic oxidation sites excluding steroid dienone is 2. The van der Waals surface area contributed by atoms with E-state index < -0.39 is 11.9 Å². The highest BCUT2D eigenvalue weighted by atomic mass is 16.5. The van der Waals surface area contributed by atoms with E-state index in [-0.39, 0.29) is 42.5 Å². The number of ether oxygens (including phenoxy) is 2. The van der Waals surface area contributed by atoms with Gasteiger partial charge >= 0.3 is 5.97 Å². The van der Waals surface area contributed by atoms with Gasteiger partial charge in [0.25, 0.3) is 0 Å². The number of fused-ring (bicyclic) bond motifs is 1. The molecule has 8 heteroatoms. The number of carbonyl (C=O) groups excluding carboxylic acids is 4. The van der Waals surface area contributed by atoms with Gasteiger partial charge in [0.05, 0.1) is 30.0 Å². The molecule has 5 rings (SSSR count). The van der Waals surface area contributed by atoms with Crippen molar-refractivity contribution in [1.82, 2.24) is 0 Å². The highest BCUT2D eigenvalue weighted by Crippen LogP contribution is 2.41. The molecule has 3 atom stereocenters. The molecule has 2 heterocycles. The molecule has 2 fully saturated rings. The topological polar surface area (TPSA) is 93.2 Å². The van der Waals surface area contributed by atoms with Crippen LogP contribution >= 0.6 is 0 Å². The Hall–Kier alpha value is -3.94. The second-order valence-electron chi connectivity index (χ2n) is 9.92. The van der Waals surface area contributed by atoms with E-state index in [1.54, 1.807) is 54.3 Å². The standard InChI is InChI=1S/C29H30N2O6/c1-4-36-21-8-6-20(7-9-21)30-16-19(15-26(30)32)29(35)37-22-10-12-25(18(3)14-22)31-27(33)23-11-5-17(2)13-24(23)28(31)34/h5-10,12,14,19,23-24H,4,11,13,15-16H2,1-3H3/t19-,23-,24-/m1/s1. The lowest BCUT2D eigenvalue weighted by atomic mass is 9.82. The number of amides is 3. The molecule has 0 bridgehead atoms. The van der Waals surface area contributed by atoms with Crippen LogP contribution in [0.2, 0.25) is 0 Å². The number of carbonyl (C=O) groups is 4. The van der Waals surface area contributed by atoms with Gasteiger partial charge in [0, 0.05) is 18.7 Å². The molecule has 0 unspecified atom stereocenters. The molecule has 3 amide bonds. The lowest BCUT2D eigenvalue weighted by Crippen LogP contribution is -2.31. The summed E-state index contributed by atoms with van der Waals surface area (Å²) in [4.78, 5) is 54.4. The van der Waals surface area contributed by atoms with Crippen molar-refractivity contribution < 1.29 is 28.7 Å². The summed E-state index contributed by atoms with van der Waals surface area (Å²) >= 11 is 0. The zero-order chi connectivity index (χ0) is 26.3. The molecule has 2 aromatic rings. The molecule has 0 saturated carbocycles. The minimum absolute atomic E-state index is 0.0656. The zero-order valence-electron chi connectivity index (χ0n) is 21.2. The maximum absolute atomic E-state index is 13.1. The van der Waals surface area contributed by atoms with Gasteiger partial charge in [0.2, 0.25) is 17.7 Å². The summed E-state index contributed by atoms with van der Waals surface area (Å²) in [5.41, 5.74) is 3.01. The first-order chi connectivity index (χ1) is 17.8. The monoisotopic (exact) mass is 502 g/mol. The third-order valence-electron chi connectivity index (χ3n) is 7.37. The molecule has 37 heavy (non-hydrogen) atoms. The first-order valence-corrected chi connectivity index (χ1v) is 12.7. The molecule has 2 aliphatic heterocycles. The van der Waals surface area contributed by atoms with Crippen LogP contribution in [0.25, 0.3) is 0 Å². The van der Waals surface area contributed by atoms with Crippen LogP contribution in [0.3, 0.4) is 0 Å². The average Bonchev–Trinajstić information content (AvgIpc) is 3.37. The summed E-state index contributed by atoms with van der Waals surface area (Å²) in [6.45, 7) is 6.46. The van der Waals surface area contributed by atoms with Gasteiger partial charge in [-0.3, -0.25) is 19.2 Å². The van der Waals surface area contributed by atoms with E-state index in [0.29, 0.717) is 42.1 Å². The number of hydrogen-bond acceptors (Lipinski definition) is 6. The van der Waals surface area contributed by atoms with Crippen LogP contribution in [0.15, 0.2) is 54.1 Å². The molecule has 2 saturated heterocycles. The van der Waals surface area contributed by atoms with Crippen molar-refractivity contribution in [1.29, 1.82) is 0 Å². The second kappa shape index (κ2) is 9.84. The SMILES string of the molecule is CCOc1ccc(N2C[C@H](C(=O)Oc3ccc(N4C(=O)[C@@H]5CC=C(C)C[C@H]5C4=O)c(C)c3)CC2=O)cc1. The third kappa shape index (κ3) is 4.63. The van der Waals surface area contributed by atoms with E-state index in [1.807, 2.05) is 19.9 Å². The third-order valence-corrected chi connectivity index (χ3v) is 7.37. The summed E-state index contributed by atoms with van der Waals surface area (Å²) in [6.07, 6.45) is 3.29. The fraction of sp³-hybridized carbons (Fsp3) is 0.379. The molecule has 0 N–H and O–H groups in total. The smallest absolute Gasteiger partial charge is 0.316 e. The number of esters is 1. The van der Waals surface area contributed by atoms with Crippen molar-refractivity contribution in [3.63, 3.8) is 0 Å². The number of benzene rings is 2. The minimum Gasteiger partial charge on any atom is -0.494 e. The van der Waals surface area contributed by atoms with Crippen LogP contribution in [0, 0.1) is 24.7 Å². The predicted octanol–water partition coefficient (Wildman–Crippen LogP) is 4.20. The van der Waals surface area contributed by atoms with E-state index >= 15 is 0 Å². The number of imide groups is 1. The molecule has 3 aliphatic rings. The Morgan fingerprint density at radius 2 is 1.65 bits per heavy atom. The van der Waals surface area contributed by atoms with Gasteiger partial charge in [-0.2, -0.15) is 0 Å². The number of anilines is 2. The maximum Gasteiger partial charge on any atom is 0.316 e. The fourth-order valence-corrected chi connectivity index (χ4v) is 5.42. The first kappa shape index (κ1) is 24.7. The number of hydrogen-bond donors (Lipinski definition) is 0. The maximum atomic E-state index is 13.1. The summed E-state index contributed by atoms with van der Waals surface area (Å²) in [5, 5.41) is 0. The molecule has 0 aromatic heterocycles. The van der Waals surface area contributed by atoms with Crippen molar-refractivity contribution in [3.05, 3.63) is 59.7 Å². The van der Waals surface area contributed by atoms with Gasteiger partial charge < -0.3 is 14.4 Å². The van der Waals surface area contributed by atoms with Gasteiger partial charge in [-0.1, -0.05) is 11.6 Å². The van der Waals surface area contributed by atoms with Crippen LogP contribution in [-0.2, 0) is 19.2 Å². The van der Waals surface area contributed by atoms with Crippen molar-refractivity contribution >= 4 is 35.1 Å². The van der Waals surface area contributed by atoms with Crippen molar-refractivity contribution in [2.24, 2.45) is 17.8 Å². The predicted molar refractivity (Wildman–Crippen MR) is 137 cm³/mol. The zero-order valence-corrected chi connectivity index (χ0v) is 21.2. The quantitative estimate of drug-likeness (QED) is 0.254. The van der Waals surface area contributed by atoms with E-state index in [2.05, 4.69) is 0 Å². The Labute approximate surface area is 215 Å². The van der Waals surface area contributed by atoms with Gasteiger partial charge in [-0.15, -0.1) is 0 Å². The fourth-order valence-electron chi connectivity index (χ4n) is 5.42. The summed E-state index contributed by atoms with van der Waals surface area (Å²) < 4.78 is 11.1. The van der Waals surface area contributed by atoms with Crippen molar-refractivity contribution in [2.75, 3.05) is 23.0 Å². The highest BCUT2D eigenvalue weighted by molar-refractivity contribution is 6.22. The van der Waals surface area contributed by atoms with Crippen LogP contribution in [-0.4, -0.2) is 36.8 Å². The van der Waals surface area contributed by atoms with Crippen LogP contribution < -0.4 is 19.3 Å². The summed E-state index contributed by atoms with van der Waals surface area (Å²) in [5.74, 6) is -1.18. The lowest BCUT2D eigenvalue weighted by molar-refractivity contribution is -0.139. The molecule has 0 radical (unpaired) electrons. The molecular weight excluding hydrogens is 472 g/mol. The van der Waals surface area contributed by atoms with Crippen molar-refractivity contribution in [3.8, 4) is 11.5 Å². The molecule has 1 aliphatic carbocycles. The van der Waals surface area contributed by atoms with E-state index in [0.717, 1.165) is 11.3 Å². The summed E-state index contributed by atoms with van der Waals surface area (Å²) in [7, 11) is 0. The molecule has 192 valence electrons. The number of aryl methyl sites for hydroxylation is 1. The van der Waals surface area contributed by atoms with Crippen LogP contribution in [0.5, 0.6) is 11.5 Å². The highest BCUT2D eigenvalue weighted by Gasteiger charge is 2.49. The Balaban J connectivity index is 1.25. The number of nitrogens with zero attached hydrogens (tertiary/aromatic N) is 2. The second-order valence-corrected chi connectivity index (χ2v) is 9.92. The van der Waals surface area contributed by atoms with Crippen molar-refractivity contribution in [2.45, 2.75) is 40.0 Å². The Bertz CT molecular complexity index is 1300. The average molecular weight is 503 g/mol. The number of rotatable bonds is 6. The Kier molecular flexibility index (Phi) is 6.58. The summed E-state index contributed by atoms with van der Waals surface area (Å²) in [6, 6.07) is 12.1. The van der Waals surface area contributed by atoms with Gasteiger partial charge in [0.15, 0.2) is 0 Å². The van der Waals surface area contributed by atoms with Crippen LogP contribution in [0.1, 0.15) is 38.7 Å². The normalized spacial score (nSPS) is 23.3. The van der Waals surface area contributed by atoms with Gasteiger partial charge in [-0.05, 0) is 81.6 Å². The van der Waals surface area contributed by atoms with E-state index in [1.165, 1.54) is 4.90 Å². The largest absolute Gasteiger partial charge is 0.494 e. The van der Waals surface area contributed by atoms with Gasteiger partial charge in [-0.25, -0.2) is 4.90 Å². The molecule has 8 nitrogen and oxygen atoms in total. The lowest BCUT2D eigenvalue weighted by Gasteiger charge is -2.19.